The predicted octanol–water partition coefficient (Wildman–Crippen LogP) is 5.65. The van der Waals surface area contributed by atoms with E-state index in [1.165, 1.54) is 0 Å². The second-order valence-electron chi connectivity index (χ2n) is 7.64. The molecule has 3 aromatic carbocycles. The zero-order chi connectivity index (χ0) is 24.5. The fraction of sp³-hybridized carbons (Fsp3) is 0.192. The Labute approximate surface area is 203 Å². The normalized spacial score (nSPS) is 10.3. The van der Waals surface area contributed by atoms with E-state index in [0.717, 1.165) is 11.1 Å². The second kappa shape index (κ2) is 11.9. The van der Waals surface area contributed by atoms with Gasteiger partial charge in [0.15, 0.2) is 6.61 Å². The Bertz CT molecular complexity index is 1160. The highest BCUT2D eigenvalue weighted by Gasteiger charge is 2.11. The molecule has 7 nitrogen and oxygen atoms in total. The third-order valence-electron chi connectivity index (χ3n) is 4.90. The maximum atomic E-state index is 12.1. The molecule has 176 valence electrons. The molecule has 0 aromatic heterocycles. The molecule has 0 bridgehead atoms. The number of carbonyl (C=O) groups is 3. The number of esters is 1. The van der Waals surface area contributed by atoms with Crippen molar-refractivity contribution in [2.24, 2.45) is 0 Å². The van der Waals surface area contributed by atoms with Crippen molar-refractivity contribution < 1.29 is 23.9 Å². The van der Waals surface area contributed by atoms with E-state index in [2.05, 4.69) is 10.6 Å². The molecule has 0 unspecified atom stereocenters. The van der Waals surface area contributed by atoms with Gasteiger partial charge < -0.3 is 20.1 Å². The predicted molar refractivity (Wildman–Crippen MR) is 131 cm³/mol. The first-order valence-corrected chi connectivity index (χ1v) is 11.0. The fourth-order valence-corrected chi connectivity index (χ4v) is 3.04. The SMILES string of the molecule is Cc1ccc(NC(=O)COC(=O)CCC(=O)Nc2ccc(Oc3ccc(Cl)cc3)cc2)cc1C. The van der Waals surface area contributed by atoms with Crippen molar-refractivity contribution in [3.8, 4) is 11.5 Å². The largest absolute Gasteiger partial charge is 0.457 e. The molecule has 0 saturated carbocycles. The Hall–Kier alpha value is -3.84. The molecule has 0 saturated heterocycles. The third-order valence-corrected chi connectivity index (χ3v) is 5.15. The number of amides is 2. The van der Waals surface area contributed by atoms with Crippen molar-refractivity contribution in [3.05, 3.63) is 82.9 Å². The number of aryl methyl sites for hydroxylation is 2. The Kier molecular flexibility index (Phi) is 8.65. The lowest BCUT2D eigenvalue weighted by Gasteiger charge is -2.09. The Balaban J connectivity index is 1.36. The van der Waals surface area contributed by atoms with E-state index in [-0.39, 0.29) is 18.7 Å². The molecule has 2 N–H and O–H groups in total. The first kappa shape index (κ1) is 24.8. The first-order valence-electron chi connectivity index (χ1n) is 10.6. The van der Waals surface area contributed by atoms with Crippen LogP contribution in [0.5, 0.6) is 11.5 Å². The molecule has 3 rings (SSSR count). The molecule has 0 atom stereocenters. The summed E-state index contributed by atoms with van der Waals surface area (Å²) in [5.41, 5.74) is 3.36. The van der Waals surface area contributed by atoms with Crippen LogP contribution in [0.2, 0.25) is 5.02 Å². The molecular formula is C26H25ClN2O5. The van der Waals surface area contributed by atoms with Gasteiger partial charge in [0.2, 0.25) is 5.91 Å². The van der Waals surface area contributed by atoms with Crippen LogP contribution in [0.3, 0.4) is 0 Å². The molecule has 0 radical (unpaired) electrons. The molecule has 2 amide bonds. The Morgan fingerprint density at radius 3 is 1.97 bits per heavy atom. The van der Waals surface area contributed by atoms with Crippen LogP contribution in [0.4, 0.5) is 11.4 Å². The molecule has 34 heavy (non-hydrogen) atoms. The summed E-state index contributed by atoms with van der Waals surface area (Å²) in [5, 5.41) is 6.00. The van der Waals surface area contributed by atoms with Crippen LogP contribution in [0.15, 0.2) is 66.7 Å². The number of benzene rings is 3. The topological polar surface area (TPSA) is 93.7 Å². The van der Waals surface area contributed by atoms with Crippen molar-refractivity contribution in [1.82, 2.24) is 0 Å². The molecule has 0 fully saturated rings. The zero-order valence-electron chi connectivity index (χ0n) is 18.9. The van der Waals surface area contributed by atoms with Gasteiger partial charge in [-0.2, -0.15) is 0 Å². The summed E-state index contributed by atoms with van der Waals surface area (Å²) in [7, 11) is 0. The van der Waals surface area contributed by atoms with Crippen LogP contribution >= 0.6 is 11.6 Å². The van der Waals surface area contributed by atoms with Gasteiger partial charge in [-0.25, -0.2) is 0 Å². The molecule has 0 heterocycles. The van der Waals surface area contributed by atoms with Crippen molar-refractivity contribution >= 4 is 40.8 Å². The van der Waals surface area contributed by atoms with Crippen LogP contribution in [0.25, 0.3) is 0 Å². The van der Waals surface area contributed by atoms with E-state index in [0.29, 0.717) is 27.9 Å². The molecule has 3 aromatic rings. The van der Waals surface area contributed by atoms with Gasteiger partial charge in [-0.15, -0.1) is 0 Å². The van der Waals surface area contributed by atoms with Gasteiger partial charge >= 0.3 is 5.97 Å². The number of ether oxygens (including phenoxy) is 2. The van der Waals surface area contributed by atoms with E-state index < -0.39 is 18.5 Å². The number of nitrogens with one attached hydrogen (secondary N) is 2. The minimum atomic E-state index is -0.628. The molecule has 0 aliphatic heterocycles. The third kappa shape index (κ3) is 7.94. The average Bonchev–Trinajstić information content (AvgIpc) is 2.81. The lowest BCUT2D eigenvalue weighted by Crippen LogP contribution is -2.21. The summed E-state index contributed by atoms with van der Waals surface area (Å²) in [5.74, 6) is -0.174. The van der Waals surface area contributed by atoms with Gasteiger partial charge in [-0.05, 0) is 85.6 Å². The number of hydrogen-bond acceptors (Lipinski definition) is 5. The first-order chi connectivity index (χ1) is 16.3. The summed E-state index contributed by atoms with van der Waals surface area (Å²) in [6.07, 6.45) is -0.207. The molecule has 0 spiro atoms. The number of rotatable bonds is 9. The monoisotopic (exact) mass is 480 g/mol. The van der Waals surface area contributed by atoms with Gasteiger partial charge in [0.1, 0.15) is 11.5 Å². The van der Waals surface area contributed by atoms with E-state index in [1.54, 1.807) is 54.6 Å². The highest BCUT2D eigenvalue weighted by molar-refractivity contribution is 6.30. The number of hydrogen-bond donors (Lipinski definition) is 2. The van der Waals surface area contributed by atoms with E-state index >= 15 is 0 Å². The van der Waals surface area contributed by atoms with Crippen LogP contribution in [0.1, 0.15) is 24.0 Å². The maximum Gasteiger partial charge on any atom is 0.306 e. The number of carbonyl (C=O) groups excluding carboxylic acids is 3. The highest BCUT2D eigenvalue weighted by atomic mass is 35.5. The van der Waals surface area contributed by atoms with Crippen molar-refractivity contribution in [1.29, 1.82) is 0 Å². The minimum absolute atomic E-state index is 0.0688. The number of halogens is 1. The van der Waals surface area contributed by atoms with Gasteiger partial charge in [0.25, 0.3) is 5.91 Å². The molecule has 8 heteroatoms. The fourth-order valence-electron chi connectivity index (χ4n) is 2.92. The van der Waals surface area contributed by atoms with E-state index in [4.69, 9.17) is 21.1 Å². The van der Waals surface area contributed by atoms with Crippen LogP contribution < -0.4 is 15.4 Å². The van der Waals surface area contributed by atoms with Gasteiger partial charge in [0.05, 0.1) is 6.42 Å². The van der Waals surface area contributed by atoms with E-state index in [9.17, 15) is 14.4 Å². The van der Waals surface area contributed by atoms with Crippen molar-refractivity contribution in [3.63, 3.8) is 0 Å². The summed E-state index contributed by atoms with van der Waals surface area (Å²) < 4.78 is 10.7. The summed E-state index contributed by atoms with van der Waals surface area (Å²) in [6, 6.07) is 19.3. The summed E-state index contributed by atoms with van der Waals surface area (Å²) >= 11 is 5.86. The van der Waals surface area contributed by atoms with Crippen LogP contribution in [-0.2, 0) is 19.1 Å². The van der Waals surface area contributed by atoms with Crippen molar-refractivity contribution in [2.45, 2.75) is 26.7 Å². The van der Waals surface area contributed by atoms with Gasteiger partial charge in [-0.1, -0.05) is 17.7 Å². The van der Waals surface area contributed by atoms with Gasteiger partial charge in [0, 0.05) is 22.8 Å². The number of anilines is 2. The smallest absolute Gasteiger partial charge is 0.306 e. The standard InChI is InChI=1S/C26H25ClN2O5/c1-17-3-6-21(15-18(17)2)29-25(31)16-33-26(32)14-13-24(30)28-20-7-11-23(12-8-20)34-22-9-4-19(27)5-10-22/h3-12,15H,13-14,16H2,1-2H3,(H,28,30)(H,29,31). The Morgan fingerprint density at radius 1 is 0.735 bits per heavy atom. The van der Waals surface area contributed by atoms with Crippen LogP contribution in [0, 0.1) is 13.8 Å². The summed E-state index contributed by atoms with van der Waals surface area (Å²) in [6.45, 7) is 3.51. The van der Waals surface area contributed by atoms with Crippen molar-refractivity contribution in [2.75, 3.05) is 17.2 Å². The van der Waals surface area contributed by atoms with Crippen LogP contribution in [-0.4, -0.2) is 24.4 Å². The Morgan fingerprint density at radius 2 is 1.32 bits per heavy atom. The average molecular weight is 481 g/mol. The lowest BCUT2D eigenvalue weighted by atomic mass is 10.1. The zero-order valence-corrected chi connectivity index (χ0v) is 19.6. The minimum Gasteiger partial charge on any atom is -0.457 e. The summed E-state index contributed by atoms with van der Waals surface area (Å²) in [4.78, 5) is 36.0. The molecule has 0 aliphatic carbocycles. The van der Waals surface area contributed by atoms with Gasteiger partial charge in [-0.3, -0.25) is 14.4 Å². The molecular weight excluding hydrogens is 456 g/mol. The maximum absolute atomic E-state index is 12.1. The second-order valence-corrected chi connectivity index (χ2v) is 8.07. The lowest BCUT2D eigenvalue weighted by molar-refractivity contribution is -0.147. The molecule has 0 aliphatic rings. The quantitative estimate of drug-likeness (QED) is 0.386. The highest BCUT2D eigenvalue weighted by Crippen LogP contribution is 2.24. The van der Waals surface area contributed by atoms with E-state index in [1.807, 2.05) is 26.0 Å².